The van der Waals surface area contributed by atoms with Gasteiger partial charge in [0.15, 0.2) is 6.10 Å². The van der Waals surface area contributed by atoms with Crippen LogP contribution in [0.25, 0.3) is 0 Å². The molecule has 2 atom stereocenters. The zero-order valence-electron chi connectivity index (χ0n) is 9.78. The molecule has 0 saturated heterocycles. The standard InChI is InChI=1S/C11H9ClO7.H2O/c12-6-4-2-1-3-5(6)7(13)11(19,10(17)18)8(14)9(15)16;/h1-4,8,14,19H,(H,15,16)(H,17,18);1H2/t8-,11+;/m0./s1. The molecule has 1 aromatic rings. The zero-order chi connectivity index (χ0) is 14.8. The SMILES string of the molecule is O.O=C(O)[C@H](O)[C@@](O)(C(=O)O)C(=O)c1ccccc1Cl. The number of carbonyl (C=O) groups is 3. The van der Waals surface area contributed by atoms with Gasteiger partial charge >= 0.3 is 11.9 Å². The van der Waals surface area contributed by atoms with Gasteiger partial charge in [-0.2, -0.15) is 0 Å². The van der Waals surface area contributed by atoms with Crippen molar-refractivity contribution >= 4 is 29.3 Å². The zero-order valence-corrected chi connectivity index (χ0v) is 10.5. The molecule has 0 unspecified atom stereocenters. The molecule has 0 aromatic heterocycles. The largest absolute Gasteiger partial charge is 0.479 e. The monoisotopic (exact) mass is 306 g/mol. The Bertz CT molecular complexity index is 543. The number of Topliss-reactive ketones (excluding diaryl/α,β-unsaturated/α-hetero) is 1. The second-order valence-electron chi connectivity index (χ2n) is 3.62. The smallest absolute Gasteiger partial charge is 0.347 e. The Hall–Kier alpha value is -2.00. The van der Waals surface area contributed by atoms with Crippen molar-refractivity contribution in [3.05, 3.63) is 34.9 Å². The van der Waals surface area contributed by atoms with Crippen LogP contribution in [0.4, 0.5) is 0 Å². The molecule has 110 valence electrons. The van der Waals surface area contributed by atoms with Crippen molar-refractivity contribution in [2.45, 2.75) is 11.7 Å². The molecule has 0 fully saturated rings. The number of carboxylic acid groups (broad SMARTS) is 2. The summed E-state index contributed by atoms with van der Waals surface area (Å²) < 4.78 is 0. The topological polar surface area (TPSA) is 164 Å². The molecule has 1 aromatic carbocycles. The van der Waals surface area contributed by atoms with Crippen LogP contribution in [0.1, 0.15) is 10.4 Å². The number of hydrogen-bond donors (Lipinski definition) is 4. The fourth-order valence-electron chi connectivity index (χ4n) is 1.37. The van der Waals surface area contributed by atoms with Gasteiger partial charge in [0.05, 0.1) is 5.02 Å². The van der Waals surface area contributed by atoms with Crippen molar-refractivity contribution in [3.63, 3.8) is 0 Å². The van der Waals surface area contributed by atoms with E-state index >= 15 is 0 Å². The minimum Gasteiger partial charge on any atom is -0.479 e. The van der Waals surface area contributed by atoms with Crippen LogP contribution in [0.2, 0.25) is 5.02 Å². The third-order valence-corrected chi connectivity index (χ3v) is 2.75. The molecule has 0 radical (unpaired) electrons. The molecule has 9 heteroatoms. The predicted octanol–water partition coefficient (Wildman–Crippen LogP) is -1.04. The molecule has 1 rings (SSSR count). The quantitative estimate of drug-likeness (QED) is 0.398. The highest BCUT2D eigenvalue weighted by atomic mass is 35.5. The van der Waals surface area contributed by atoms with E-state index in [2.05, 4.69) is 0 Å². The second kappa shape index (κ2) is 6.44. The number of benzene rings is 1. The molecular weight excluding hydrogens is 296 g/mol. The molecule has 0 heterocycles. The second-order valence-corrected chi connectivity index (χ2v) is 4.03. The summed E-state index contributed by atoms with van der Waals surface area (Å²) in [7, 11) is 0. The van der Waals surface area contributed by atoms with E-state index in [-0.39, 0.29) is 10.5 Å². The molecule has 20 heavy (non-hydrogen) atoms. The lowest BCUT2D eigenvalue weighted by Crippen LogP contribution is -2.58. The van der Waals surface area contributed by atoms with Crippen molar-refractivity contribution in [1.29, 1.82) is 0 Å². The van der Waals surface area contributed by atoms with Crippen LogP contribution < -0.4 is 0 Å². The van der Waals surface area contributed by atoms with Crippen molar-refractivity contribution in [1.82, 2.24) is 0 Å². The predicted molar refractivity (Wildman–Crippen MR) is 65.6 cm³/mol. The number of carbonyl (C=O) groups excluding carboxylic acids is 1. The highest BCUT2D eigenvalue weighted by molar-refractivity contribution is 6.35. The van der Waals surface area contributed by atoms with Crippen LogP contribution in [0.5, 0.6) is 0 Å². The maximum Gasteiger partial charge on any atom is 0.347 e. The fourth-order valence-corrected chi connectivity index (χ4v) is 1.59. The third-order valence-electron chi connectivity index (χ3n) is 2.42. The Morgan fingerprint density at radius 1 is 1.15 bits per heavy atom. The number of carboxylic acids is 2. The van der Waals surface area contributed by atoms with Gasteiger partial charge in [-0.15, -0.1) is 0 Å². The molecule has 0 aliphatic carbocycles. The average Bonchev–Trinajstić information content (AvgIpc) is 2.36. The summed E-state index contributed by atoms with van der Waals surface area (Å²) in [5.74, 6) is -5.75. The highest BCUT2D eigenvalue weighted by Gasteiger charge is 2.54. The lowest BCUT2D eigenvalue weighted by Gasteiger charge is -2.24. The summed E-state index contributed by atoms with van der Waals surface area (Å²) in [6, 6.07) is 5.15. The number of rotatable bonds is 5. The van der Waals surface area contributed by atoms with E-state index in [0.29, 0.717) is 0 Å². The average molecular weight is 307 g/mol. The number of ketones is 1. The highest BCUT2D eigenvalue weighted by Crippen LogP contribution is 2.24. The Morgan fingerprint density at radius 3 is 2.05 bits per heavy atom. The van der Waals surface area contributed by atoms with Crippen LogP contribution in [0.15, 0.2) is 24.3 Å². The number of aliphatic hydroxyl groups excluding tert-OH is 1. The van der Waals surface area contributed by atoms with Gasteiger partial charge in [0.25, 0.3) is 5.60 Å². The van der Waals surface area contributed by atoms with Crippen molar-refractivity contribution in [2.24, 2.45) is 0 Å². The Kier molecular flexibility index (Phi) is 5.79. The van der Waals surface area contributed by atoms with Gasteiger partial charge in [-0.25, -0.2) is 9.59 Å². The molecule has 0 aliphatic rings. The molecule has 0 saturated carbocycles. The summed E-state index contributed by atoms with van der Waals surface area (Å²) in [5, 5.41) is 36.2. The summed E-state index contributed by atoms with van der Waals surface area (Å²) in [6.45, 7) is 0. The van der Waals surface area contributed by atoms with E-state index < -0.39 is 35.0 Å². The van der Waals surface area contributed by atoms with E-state index in [1.54, 1.807) is 0 Å². The van der Waals surface area contributed by atoms with Crippen molar-refractivity contribution < 1.29 is 40.3 Å². The van der Waals surface area contributed by atoms with Crippen molar-refractivity contribution in [2.75, 3.05) is 0 Å². The van der Waals surface area contributed by atoms with E-state index in [1.807, 2.05) is 0 Å². The minimum atomic E-state index is -3.52. The van der Waals surface area contributed by atoms with E-state index in [4.69, 9.17) is 21.8 Å². The maximum absolute atomic E-state index is 11.9. The summed E-state index contributed by atoms with van der Waals surface area (Å²) in [6.07, 6.45) is -2.83. The fraction of sp³-hybridized carbons (Fsp3) is 0.182. The lowest BCUT2D eigenvalue weighted by atomic mass is 9.87. The number of aliphatic carboxylic acids is 2. The lowest BCUT2D eigenvalue weighted by molar-refractivity contribution is -0.175. The molecule has 0 amide bonds. The molecule has 8 nitrogen and oxygen atoms in total. The normalized spacial score (nSPS) is 14.6. The van der Waals surface area contributed by atoms with Gasteiger partial charge in [-0.3, -0.25) is 4.79 Å². The number of aliphatic hydroxyl groups is 2. The minimum absolute atomic E-state index is 0. The summed E-state index contributed by atoms with van der Waals surface area (Å²) >= 11 is 5.66. The van der Waals surface area contributed by atoms with Gasteiger partial charge in [0.1, 0.15) is 0 Å². The first kappa shape index (κ1) is 18.0. The van der Waals surface area contributed by atoms with E-state index in [1.165, 1.54) is 18.2 Å². The molecule has 0 spiro atoms. The van der Waals surface area contributed by atoms with Gasteiger partial charge in [0.2, 0.25) is 5.78 Å². The van der Waals surface area contributed by atoms with Gasteiger partial charge in [-0.1, -0.05) is 23.7 Å². The van der Waals surface area contributed by atoms with Crippen molar-refractivity contribution in [3.8, 4) is 0 Å². The first-order chi connectivity index (χ1) is 8.72. The van der Waals surface area contributed by atoms with Crippen LogP contribution in [0.3, 0.4) is 0 Å². The van der Waals surface area contributed by atoms with Crippen LogP contribution in [-0.4, -0.2) is 55.3 Å². The Balaban J connectivity index is 0.00000361. The maximum atomic E-state index is 11.9. The number of hydrogen-bond acceptors (Lipinski definition) is 5. The molecule has 0 aliphatic heterocycles. The molecular formula is C11H11ClO8. The molecule has 6 N–H and O–H groups in total. The van der Waals surface area contributed by atoms with E-state index in [0.717, 1.165) is 6.07 Å². The van der Waals surface area contributed by atoms with Gasteiger partial charge in [0, 0.05) is 5.56 Å². The Morgan fingerprint density at radius 2 is 1.65 bits per heavy atom. The first-order valence-corrected chi connectivity index (χ1v) is 5.26. The molecule has 0 bridgehead atoms. The third kappa shape index (κ3) is 2.94. The number of halogens is 1. The summed E-state index contributed by atoms with van der Waals surface area (Å²) in [4.78, 5) is 33.5. The van der Waals surface area contributed by atoms with Gasteiger partial charge in [-0.05, 0) is 12.1 Å². The summed E-state index contributed by atoms with van der Waals surface area (Å²) in [5.41, 5.74) is -3.93. The van der Waals surface area contributed by atoms with Gasteiger partial charge < -0.3 is 25.9 Å². The first-order valence-electron chi connectivity index (χ1n) is 4.89. The van der Waals surface area contributed by atoms with Crippen LogP contribution >= 0.6 is 11.6 Å². The van der Waals surface area contributed by atoms with Crippen LogP contribution in [-0.2, 0) is 9.59 Å². The Labute approximate surface area is 117 Å². The van der Waals surface area contributed by atoms with Crippen LogP contribution in [0, 0.1) is 0 Å². The van der Waals surface area contributed by atoms with E-state index in [9.17, 15) is 24.6 Å².